The summed E-state index contributed by atoms with van der Waals surface area (Å²) in [5.74, 6) is -0.568. The molecule has 0 spiro atoms. The van der Waals surface area contributed by atoms with Crippen LogP contribution in [0, 0.1) is 11.8 Å². The fourth-order valence-electron chi connectivity index (χ4n) is 3.32. The number of aromatic carboxylic acids is 1. The van der Waals surface area contributed by atoms with Crippen molar-refractivity contribution >= 4 is 34.5 Å². The van der Waals surface area contributed by atoms with Gasteiger partial charge in [0, 0.05) is 17.2 Å². The Labute approximate surface area is 150 Å². The Kier molecular flexibility index (Phi) is 5.37. The van der Waals surface area contributed by atoms with Crippen LogP contribution in [0.1, 0.15) is 53.6 Å². The van der Waals surface area contributed by atoms with Gasteiger partial charge in [0.2, 0.25) is 5.91 Å². The van der Waals surface area contributed by atoms with Gasteiger partial charge in [-0.25, -0.2) is 9.18 Å². The third-order valence-electron chi connectivity index (χ3n) is 4.90. The molecule has 0 aliphatic heterocycles. The smallest absolute Gasteiger partial charge is 0.348 e. The summed E-state index contributed by atoms with van der Waals surface area (Å²) < 4.78 is 13.2. The number of nitrogens with one attached hydrogen (secondary N) is 1. The number of carboxylic acids is 1. The summed E-state index contributed by atoms with van der Waals surface area (Å²) in [5, 5.41) is 12.2. The highest BCUT2D eigenvalue weighted by Crippen LogP contribution is 2.36. The van der Waals surface area contributed by atoms with Crippen LogP contribution in [0.5, 0.6) is 0 Å². The van der Waals surface area contributed by atoms with Gasteiger partial charge in [0.25, 0.3) is 0 Å². The van der Waals surface area contributed by atoms with E-state index >= 15 is 0 Å². The van der Waals surface area contributed by atoms with Crippen LogP contribution in [-0.4, -0.2) is 23.2 Å². The van der Waals surface area contributed by atoms with Crippen molar-refractivity contribution in [2.75, 3.05) is 5.32 Å². The molecule has 1 aromatic rings. The van der Waals surface area contributed by atoms with Gasteiger partial charge >= 0.3 is 5.97 Å². The predicted molar refractivity (Wildman–Crippen MR) is 97.7 cm³/mol. The zero-order valence-electron chi connectivity index (χ0n) is 14.1. The molecule has 2 aliphatic carbocycles. The summed E-state index contributed by atoms with van der Waals surface area (Å²) in [6.07, 6.45) is 7.94. The number of carbonyl (C=O) groups excluding carboxylic acids is 1. The summed E-state index contributed by atoms with van der Waals surface area (Å²) in [4.78, 5) is 24.9. The Bertz CT molecular complexity index is 729. The molecular formula is C19H22FNO3S. The molecule has 2 N–H and O–H groups in total. The van der Waals surface area contributed by atoms with Gasteiger partial charge in [-0.2, -0.15) is 0 Å². The number of alkyl halides is 1. The fraction of sp³-hybridized carbons (Fsp3) is 0.474. The van der Waals surface area contributed by atoms with Gasteiger partial charge in [0.15, 0.2) is 0 Å². The summed E-state index contributed by atoms with van der Waals surface area (Å²) in [6.45, 7) is 2.19. The SMILES string of the molecule is CC1CCC(C(=O)Nc2cc(C3=CCC(F)C=C3)sc2C(=O)O)CC1. The monoisotopic (exact) mass is 363 g/mol. The molecule has 134 valence electrons. The maximum Gasteiger partial charge on any atom is 0.348 e. The van der Waals surface area contributed by atoms with Crippen molar-refractivity contribution in [3.05, 3.63) is 34.0 Å². The summed E-state index contributed by atoms with van der Waals surface area (Å²) in [7, 11) is 0. The lowest BCUT2D eigenvalue weighted by Gasteiger charge is -2.25. The molecule has 0 aromatic carbocycles. The number of allylic oxidation sites excluding steroid dienone is 4. The van der Waals surface area contributed by atoms with Crippen LogP contribution in [0.3, 0.4) is 0 Å². The van der Waals surface area contributed by atoms with Gasteiger partial charge in [-0.1, -0.05) is 19.1 Å². The first-order chi connectivity index (χ1) is 11.9. The topological polar surface area (TPSA) is 66.4 Å². The van der Waals surface area contributed by atoms with Crippen LogP contribution in [0.4, 0.5) is 10.1 Å². The molecule has 1 aromatic heterocycles. The van der Waals surface area contributed by atoms with E-state index < -0.39 is 12.1 Å². The Hall–Kier alpha value is -1.95. The van der Waals surface area contributed by atoms with Crippen LogP contribution < -0.4 is 5.32 Å². The molecule has 1 saturated carbocycles. The Balaban J connectivity index is 1.77. The number of halogens is 1. The zero-order chi connectivity index (χ0) is 18.0. The molecule has 0 radical (unpaired) electrons. The highest BCUT2D eigenvalue weighted by atomic mass is 32.1. The van der Waals surface area contributed by atoms with E-state index in [2.05, 4.69) is 12.2 Å². The van der Waals surface area contributed by atoms with Crippen LogP contribution in [0.2, 0.25) is 0 Å². The quantitative estimate of drug-likeness (QED) is 0.800. The minimum Gasteiger partial charge on any atom is -0.477 e. The van der Waals surface area contributed by atoms with Crippen molar-refractivity contribution in [3.8, 4) is 0 Å². The Morgan fingerprint density at radius 2 is 2.00 bits per heavy atom. The van der Waals surface area contributed by atoms with Crippen molar-refractivity contribution in [2.24, 2.45) is 11.8 Å². The Morgan fingerprint density at radius 1 is 1.28 bits per heavy atom. The average molecular weight is 363 g/mol. The molecule has 3 rings (SSSR count). The fourth-order valence-corrected chi connectivity index (χ4v) is 4.29. The molecule has 1 atom stereocenters. The zero-order valence-corrected chi connectivity index (χ0v) is 14.9. The third-order valence-corrected chi connectivity index (χ3v) is 6.08. The molecule has 4 nitrogen and oxygen atoms in total. The summed E-state index contributed by atoms with van der Waals surface area (Å²) >= 11 is 1.11. The summed E-state index contributed by atoms with van der Waals surface area (Å²) in [6, 6.07) is 1.69. The van der Waals surface area contributed by atoms with Crippen LogP contribution in [0.25, 0.3) is 5.57 Å². The number of anilines is 1. The molecule has 0 saturated heterocycles. The van der Waals surface area contributed by atoms with Crippen LogP contribution in [-0.2, 0) is 4.79 Å². The lowest BCUT2D eigenvalue weighted by molar-refractivity contribution is -0.121. The molecule has 1 unspecified atom stereocenters. The number of hydrogen-bond donors (Lipinski definition) is 2. The maximum atomic E-state index is 13.2. The van der Waals surface area contributed by atoms with Crippen molar-refractivity contribution in [1.82, 2.24) is 0 Å². The first kappa shape index (κ1) is 17.9. The molecule has 2 aliphatic rings. The first-order valence-electron chi connectivity index (χ1n) is 8.65. The van der Waals surface area contributed by atoms with Gasteiger partial charge in [-0.15, -0.1) is 11.3 Å². The van der Waals surface area contributed by atoms with E-state index in [4.69, 9.17) is 0 Å². The van der Waals surface area contributed by atoms with E-state index in [-0.39, 0.29) is 23.1 Å². The number of carboxylic acid groups (broad SMARTS) is 1. The molecule has 0 bridgehead atoms. The Morgan fingerprint density at radius 3 is 2.60 bits per heavy atom. The van der Waals surface area contributed by atoms with Gasteiger partial charge < -0.3 is 10.4 Å². The number of amides is 1. The molecule has 1 amide bonds. The lowest BCUT2D eigenvalue weighted by Crippen LogP contribution is -2.27. The number of rotatable bonds is 4. The second-order valence-electron chi connectivity index (χ2n) is 6.87. The minimum absolute atomic E-state index is 0.0534. The lowest BCUT2D eigenvalue weighted by atomic mass is 9.82. The summed E-state index contributed by atoms with van der Waals surface area (Å²) in [5.41, 5.74) is 1.14. The number of carbonyl (C=O) groups is 2. The van der Waals surface area contributed by atoms with Crippen molar-refractivity contribution < 1.29 is 19.1 Å². The van der Waals surface area contributed by atoms with Crippen molar-refractivity contribution in [3.63, 3.8) is 0 Å². The van der Waals surface area contributed by atoms with Crippen LogP contribution >= 0.6 is 11.3 Å². The van der Waals surface area contributed by atoms with E-state index in [1.165, 1.54) is 6.08 Å². The van der Waals surface area contributed by atoms with Gasteiger partial charge in [-0.05, 0) is 49.3 Å². The first-order valence-corrected chi connectivity index (χ1v) is 9.46. The molecule has 6 heteroatoms. The third kappa shape index (κ3) is 4.18. The molecular weight excluding hydrogens is 341 g/mol. The van der Waals surface area contributed by atoms with E-state index in [1.54, 1.807) is 18.2 Å². The second-order valence-corrected chi connectivity index (χ2v) is 7.93. The van der Waals surface area contributed by atoms with Gasteiger partial charge in [-0.3, -0.25) is 4.79 Å². The number of hydrogen-bond acceptors (Lipinski definition) is 3. The second kappa shape index (κ2) is 7.52. The highest BCUT2D eigenvalue weighted by Gasteiger charge is 2.26. The maximum absolute atomic E-state index is 13.2. The van der Waals surface area contributed by atoms with Gasteiger partial charge in [0.1, 0.15) is 11.0 Å². The molecule has 25 heavy (non-hydrogen) atoms. The van der Waals surface area contributed by atoms with E-state index in [1.807, 2.05) is 0 Å². The molecule has 1 fully saturated rings. The highest BCUT2D eigenvalue weighted by molar-refractivity contribution is 7.15. The largest absolute Gasteiger partial charge is 0.477 e. The normalized spacial score (nSPS) is 26.2. The minimum atomic E-state index is -1.06. The molecule has 1 heterocycles. The van der Waals surface area contributed by atoms with Crippen molar-refractivity contribution in [2.45, 2.75) is 45.2 Å². The van der Waals surface area contributed by atoms with Crippen molar-refractivity contribution in [1.29, 1.82) is 0 Å². The predicted octanol–water partition coefficient (Wildman–Crippen LogP) is 4.89. The van der Waals surface area contributed by atoms with Gasteiger partial charge in [0.05, 0.1) is 5.69 Å². The van der Waals surface area contributed by atoms with E-state index in [0.717, 1.165) is 47.5 Å². The average Bonchev–Trinajstić information content (AvgIpc) is 3.00. The van der Waals surface area contributed by atoms with E-state index in [9.17, 15) is 19.1 Å². The van der Waals surface area contributed by atoms with Crippen LogP contribution in [0.15, 0.2) is 24.3 Å². The van der Waals surface area contributed by atoms with E-state index in [0.29, 0.717) is 11.6 Å². The number of thiophene rings is 1. The standard InChI is InChI=1S/C19H22FNO3S/c1-11-2-4-13(5-3-11)18(22)21-15-10-16(25-17(15)19(23)24)12-6-8-14(20)9-7-12/h6-8,10-11,13-14H,2-5,9H2,1H3,(H,21,22)(H,23,24).